The minimum atomic E-state index is 0.529. The number of nitrogens with two attached hydrogens (primary N) is 1. The molecule has 92 valence electrons. The molecular formula is C12H12BrN5. The van der Waals surface area contributed by atoms with E-state index >= 15 is 0 Å². The number of hydrogen-bond donors (Lipinski definition) is 3. The molecule has 5 nitrogen and oxygen atoms in total. The summed E-state index contributed by atoms with van der Waals surface area (Å²) in [6.45, 7) is 1.49. The molecule has 0 radical (unpaired) electrons. The maximum Gasteiger partial charge on any atom is 0.229 e. The second kappa shape index (κ2) is 4.55. The van der Waals surface area contributed by atoms with Crippen molar-refractivity contribution in [2.75, 3.05) is 11.1 Å². The molecule has 6 heteroatoms. The number of anilines is 3. The summed E-state index contributed by atoms with van der Waals surface area (Å²) in [6, 6.07) is 7.82. The van der Waals surface area contributed by atoms with E-state index in [1.807, 2.05) is 24.3 Å². The number of hydrogen-bond acceptors (Lipinski definition) is 5. The minimum absolute atomic E-state index is 0.529. The van der Waals surface area contributed by atoms with Gasteiger partial charge in [-0.1, -0.05) is 12.1 Å². The first-order chi connectivity index (χ1) is 8.74. The lowest BCUT2D eigenvalue weighted by molar-refractivity contribution is 0.758. The van der Waals surface area contributed by atoms with Crippen molar-refractivity contribution >= 4 is 33.4 Å². The van der Waals surface area contributed by atoms with Crippen LogP contribution in [0.1, 0.15) is 11.3 Å². The highest BCUT2D eigenvalue weighted by atomic mass is 79.9. The van der Waals surface area contributed by atoms with Crippen LogP contribution in [-0.4, -0.2) is 9.97 Å². The molecule has 4 N–H and O–H groups in total. The normalized spacial score (nSPS) is 13.4. The van der Waals surface area contributed by atoms with Gasteiger partial charge in [-0.05, 0) is 28.1 Å². The van der Waals surface area contributed by atoms with Gasteiger partial charge in [0.1, 0.15) is 5.82 Å². The number of para-hydroxylation sites is 1. The Bertz CT molecular complexity index is 599. The van der Waals surface area contributed by atoms with Gasteiger partial charge < -0.3 is 16.4 Å². The van der Waals surface area contributed by atoms with Gasteiger partial charge in [-0.3, -0.25) is 0 Å². The zero-order valence-corrected chi connectivity index (χ0v) is 11.2. The standard InChI is InChI=1S/C12H12BrN5/c13-8-3-1-2-4-9(8)16-12-17-10-6-15-5-7(10)11(14)18-12/h1-4,15H,5-6H2,(H3,14,16,17,18). The predicted octanol–water partition coefficient (Wildman–Crippen LogP) is 2.17. The highest BCUT2D eigenvalue weighted by Crippen LogP contribution is 2.26. The maximum atomic E-state index is 5.92. The monoisotopic (exact) mass is 305 g/mol. The molecule has 1 aliphatic rings. The van der Waals surface area contributed by atoms with Crippen LogP contribution in [0.25, 0.3) is 0 Å². The van der Waals surface area contributed by atoms with Crippen LogP contribution in [0, 0.1) is 0 Å². The van der Waals surface area contributed by atoms with Gasteiger partial charge >= 0.3 is 0 Å². The number of nitrogens with one attached hydrogen (secondary N) is 2. The quantitative estimate of drug-likeness (QED) is 0.793. The van der Waals surface area contributed by atoms with Crippen LogP contribution in [0.3, 0.4) is 0 Å². The highest BCUT2D eigenvalue weighted by molar-refractivity contribution is 9.10. The van der Waals surface area contributed by atoms with E-state index in [9.17, 15) is 0 Å². The minimum Gasteiger partial charge on any atom is -0.383 e. The number of fused-ring (bicyclic) bond motifs is 1. The van der Waals surface area contributed by atoms with Crippen LogP contribution in [0.15, 0.2) is 28.7 Å². The Morgan fingerprint density at radius 1 is 1.22 bits per heavy atom. The maximum absolute atomic E-state index is 5.92. The van der Waals surface area contributed by atoms with Crippen molar-refractivity contribution in [1.82, 2.24) is 15.3 Å². The van der Waals surface area contributed by atoms with Gasteiger partial charge in [0, 0.05) is 23.1 Å². The van der Waals surface area contributed by atoms with Gasteiger partial charge in [0.25, 0.3) is 0 Å². The zero-order chi connectivity index (χ0) is 12.5. The third-order valence-corrected chi connectivity index (χ3v) is 3.53. The molecule has 2 heterocycles. The molecule has 0 amide bonds. The van der Waals surface area contributed by atoms with Gasteiger partial charge in [0.05, 0.1) is 11.4 Å². The Hall–Kier alpha value is -1.66. The summed E-state index contributed by atoms with van der Waals surface area (Å²) in [6.07, 6.45) is 0. The average molecular weight is 306 g/mol. The Morgan fingerprint density at radius 3 is 2.89 bits per heavy atom. The van der Waals surface area contributed by atoms with E-state index in [2.05, 4.69) is 36.5 Å². The van der Waals surface area contributed by atoms with E-state index in [1.165, 1.54) is 0 Å². The summed E-state index contributed by atoms with van der Waals surface area (Å²) < 4.78 is 0.964. The lowest BCUT2D eigenvalue weighted by Crippen LogP contribution is -2.05. The Morgan fingerprint density at radius 2 is 2.06 bits per heavy atom. The molecule has 1 aliphatic heterocycles. The summed E-state index contributed by atoms with van der Waals surface area (Å²) in [5, 5.41) is 6.38. The summed E-state index contributed by atoms with van der Waals surface area (Å²) in [7, 11) is 0. The molecule has 2 aromatic rings. The first kappa shape index (κ1) is 11.4. The molecule has 0 unspecified atom stereocenters. The summed E-state index contributed by atoms with van der Waals surface area (Å²) >= 11 is 3.47. The van der Waals surface area contributed by atoms with Crippen molar-refractivity contribution < 1.29 is 0 Å². The van der Waals surface area contributed by atoms with Crippen LogP contribution in [-0.2, 0) is 13.1 Å². The van der Waals surface area contributed by atoms with Crippen LogP contribution < -0.4 is 16.4 Å². The SMILES string of the molecule is Nc1nc(Nc2ccccc2Br)nc2c1CNC2. The molecule has 18 heavy (non-hydrogen) atoms. The smallest absolute Gasteiger partial charge is 0.229 e. The molecule has 1 aromatic carbocycles. The number of benzene rings is 1. The average Bonchev–Trinajstić information content (AvgIpc) is 2.81. The molecule has 0 bridgehead atoms. The fourth-order valence-electron chi connectivity index (χ4n) is 1.93. The van der Waals surface area contributed by atoms with E-state index in [4.69, 9.17) is 5.73 Å². The molecule has 0 spiro atoms. The third kappa shape index (κ3) is 2.04. The number of aromatic nitrogens is 2. The molecule has 0 atom stereocenters. The fraction of sp³-hybridized carbons (Fsp3) is 0.167. The van der Waals surface area contributed by atoms with Crippen molar-refractivity contribution in [3.05, 3.63) is 40.0 Å². The van der Waals surface area contributed by atoms with Crippen molar-refractivity contribution in [2.45, 2.75) is 13.1 Å². The predicted molar refractivity (Wildman–Crippen MR) is 74.4 cm³/mol. The molecule has 0 saturated heterocycles. The molecule has 1 aromatic heterocycles. The van der Waals surface area contributed by atoms with E-state index in [-0.39, 0.29) is 0 Å². The Kier molecular flexibility index (Phi) is 2.89. The van der Waals surface area contributed by atoms with E-state index < -0.39 is 0 Å². The van der Waals surface area contributed by atoms with Crippen molar-refractivity contribution in [3.63, 3.8) is 0 Å². The first-order valence-electron chi connectivity index (χ1n) is 5.61. The van der Waals surface area contributed by atoms with Crippen molar-refractivity contribution in [3.8, 4) is 0 Å². The fourth-order valence-corrected chi connectivity index (χ4v) is 2.32. The van der Waals surface area contributed by atoms with Gasteiger partial charge in [0.15, 0.2) is 0 Å². The second-order valence-electron chi connectivity index (χ2n) is 4.07. The third-order valence-electron chi connectivity index (χ3n) is 2.84. The highest BCUT2D eigenvalue weighted by Gasteiger charge is 2.17. The summed E-state index contributed by atoms with van der Waals surface area (Å²) in [5.74, 6) is 1.07. The molecule has 0 fully saturated rings. The van der Waals surface area contributed by atoms with Crippen LogP contribution in [0.5, 0.6) is 0 Å². The van der Waals surface area contributed by atoms with Gasteiger partial charge in [0.2, 0.25) is 5.95 Å². The molecule has 0 saturated carbocycles. The van der Waals surface area contributed by atoms with Crippen LogP contribution in [0.2, 0.25) is 0 Å². The van der Waals surface area contributed by atoms with E-state index in [0.29, 0.717) is 11.8 Å². The number of nitrogen functional groups attached to an aromatic ring is 1. The van der Waals surface area contributed by atoms with Gasteiger partial charge in [-0.15, -0.1) is 0 Å². The molecule has 3 rings (SSSR count). The second-order valence-corrected chi connectivity index (χ2v) is 4.92. The lowest BCUT2D eigenvalue weighted by atomic mass is 10.2. The first-order valence-corrected chi connectivity index (χ1v) is 6.41. The van der Waals surface area contributed by atoms with Crippen LogP contribution in [0.4, 0.5) is 17.5 Å². The van der Waals surface area contributed by atoms with E-state index in [0.717, 1.165) is 34.5 Å². The van der Waals surface area contributed by atoms with Crippen molar-refractivity contribution in [1.29, 1.82) is 0 Å². The van der Waals surface area contributed by atoms with Crippen molar-refractivity contribution in [2.24, 2.45) is 0 Å². The number of halogens is 1. The lowest BCUT2D eigenvalue weighted by Gasteiger charge is -2.09. The zero-order valence-electron chi connectivity index (χ0n) is 9.57. The van der Waals surface area contributed by atoms with Gasteiger partial charge in [-0.2, -0.15) is 4.98 Å². The van der Waals surface area contributed by atoms with Gasteiger partial charge in [-0.25, -0.2) is 4.98 Å². The number of rotatable bonds is 2. The molecule has 0 aliphatic carbocycles. The summed E-state index contributed by atoms with van der Waals surface area (Å²) in [5.41, 5.74) is 8.82. The van der Waals surface area contributed by atoms with E-state index in [1.54, 1.807) is 0 Å². The topological polar surface area (TPSA) is 75.9 Å². The largest absolute Gasteiger partial charge is 0.383 e. The molecular weight excluding hydrogens is 294 g/mol. The van der Waals surface area contributed by atoms with Crippen LogP contribution >= 0.6 is 15.9 Å². The Labute approximate surface area is 113 Å². The number of nitrogens with zero attached hydrogens (tertiary/aromatic N) is 2. The summed E-state index contributed by atoms with van der Waals surface area (Å²) in [4.78, 5) is 8.74. The Balaban J connectivity index is 1.95.